The number of fused-ring (bicyclic) bond motifs is 6. The Morgan fingerprint density at radius 3 is 0.750 bits per heavy atom. The van der Waals surface area contributed by atoms with Crippen LogP contribution in [0.3, 0.4) is 0 Å². The van der Waals surface area contributed by atoms with Gasteiger partial charge >= 0.3 is 0 Å². The number of allylic oxidation sites excluding steroid dienone is 16. The summed E-state index contributed by atoms with van der Waals surface area (Å²) < 4.78 is 0. The average molecular weight is 367 g/mol. The minimum absolute atomic E-state index is 0.709. The van der Waals surface area contributed by atoms with E-state index >= 15 is 0 Å². The van der Waals surface area contributed by atoms with Crippen molar-refractivity contribution in [3.05, 3.63) is 97.2 Å². The Kier molecular flexibility index (Phi) is 4.07. The fourth-order valence-electron chi connectivity index (χ4n) is 7.49. The molecule has 6 unspecified atom stereocenters. The number of hydrogen-bond acceptors (Lipinski definition) is 0. The summed E-state index contributed by atoms with van der Waals surface area (Å²) in [5, 5.41) is 0. The van der Waals surface area contributed by atoms with E-state index in [0.29, 0.717) is 23.7 Å². The Labute approximate surface area is 169 Å². The van der Waals surface area contributed by atoms with Crippen LogP contribution in [0.5, 0.6) is 0 Å². The molecule has 0 aromatic heterocycles. The normalized spacial score (nSPS) is 48.6. The van der Waals surface area contributed by atoms with Crippen molar-refractivity contribution in [3.63, 3.8) is 0 Å². The molecule has 0 N–H and O–H groups in total. The van der Waals surface area contributed by atoms with E-state index in [1.54, 1.807) is 0 Å². The maximum atomic E-state index is 2.52. The van der Waals surface area contributed by atoms with Gasteiger partial charge < -0.3 is 0 Å². The van der Waals surface area contributed by atoms with E-state index in [0.717, 1.165) is 35.5 Å². The van der Waals surface area contributed by atoms with Crippen molar-refractivity contribution in [1.82, 2.24) is 0 Å². The Balaban J connectivity index is 1.25. The standard InChI is InChI=1S/C28H30/c1-5-13-23-19(9-1)20-10-2-6-14-24(20)27(23)17-18-28-25-15-7-3-11-21(25)22-12-4-8-16-26(22)28/h1-16,19-28H,17-18H2/t19-,20+,21-,22+,23?,24?,25?,26?,27?,28?. The van der Waals surface area contributed by atoms with Gasteiger partial charge in [0.2, 0.25) is 0 Å². The van der Waals surface area contributed by atoms with Crippen molar-refractivity contribution in [2.24, 2.45) is 59.2 Å². The fourth-order valence-corrected chi connectivity index (χ4v) is 7.49. The molecule has 0 heteroatoms. The summed E-state index contributed by atoms with van der Waals surface area (Å²) in [6, 6.07) is 0. The third-order valence-electron chi connectivity index (χ3n) is 8.59. The molecule has 6 aliphatic rings. The fraction of sp³-hybridized carbons (Fsp3) is 0.429. The van der Waals surface area contributed by atoms with E-state index in [1.165, 1.54) is 12.8 Å². The summed E-state index contributed by atoms with van der Waals surface area (Å²) in [6.07, 6.45) is 41.0. The zero-order valence-corrected chi connectivity index (χ0v) is 16.4. The predicted molar refractivity (Wildman–Crippen MR) is 117 cm³/mol. The van der Waals surface area contributed by atoms with Crippen molar-refractivity contribution in [2.75, 3.05) is 0 Å². The van der Waals surface area contributed by atoms with Crippen LogP contribution in [0.25, 0.3) is 0 Å². The van der Waals surface area contributed by atoms with Crippen LogP contribution in [0.1, 0.15) is 12.8 Å². The molecule has 6 rings (SSSR count). The van der Waals surface area contributed by atoms with Crippen LogP contribution in [-0.2, 0) is 0 Å². The lowest BCUT2D eigenvalue weighted by molar-refractivity contribution is 0.272. The average Bonchev–Trinajstić information content (AvgIpc) is 3.26. The first-order valence-electron chi connectivity index (χ1n) is 11.3. The van der Waals surface area contributed by atoms with Gasteiger partial charge in [0.1, 0.15) is 0 Å². The minimum atomic E-state index is 0.709. The maximum absolute atomic E-state index is 2.52. The van der Waals surface area contributed by atoms with Gasteiger partial charge in [-0.3, -0.25) is 0 Å². The van der Waals surface area contributed by atoms with Gasteiger partial charge in [-0.05, 0) is 72.0 Å². The second-order valence-electron chi connectivity index (χ2n) is 9.60. The van der Waals surface area contributed by atoms with Gasteiger partial charge in [-0.1, -0.05) is 97.2 Å². The Morgan fingerprint density at radius 1 is 0.286 bits per heavy atom. The highest BCUT2D eigenvalue weighted by molar-refractivity contribution is 5.30. The summed E-state index contributed by atoms with van der Waals surface area (Å²) in [7, 11) is 0. The molecule has 0 spiro atoms. The van der Waals surface area contributed by atoms with Crippen molar-refractivity contribution >= 4 is 0 Å². The van der Waals surface area contributed by atoms with E-state index in [2.05, 4.69) is 97.2 Å². The first kappa shape index (κ1) is 16.8. The quantitative estimate of drug-likeness (QED) is 0.538. The maximum Gasteiger partial charge on any atom is -0.00956 e. The lowest BCUT2D eigenvalue weighted by Gasteiger charge is -2.29. The van der Waals surface area contributed by atoms with Crippen molar-refractivity contribution in [1.29, 1.82) is 0 Å². The van der Waals surface area contributed by atoms with Crippen molar-refractivity contribution in [3.8, 4) is 0 Å². The SMILES string of the molecule is C1=CC2C(CCC3C4C=CC=C[C@H]4[C@H]4C=CC=CC34)C3C=CC=C[C@@H]3[C@@H]2C=C1. The smallest absolute Gasteiger partial charge is 0.00956 e. The molecular weight excluding hydrogens is 336 g/mol. The molecule has 0 nitrogen and oxygen atoms in total. The lowest BCUT2D eigenvalue weighted by Crippen LogP contribution is -2.21. The highest BCUT2D eigenvalue weighted by Gasteiger charge is 2.50. The molecule has 0 aliphatic heterocycles. The van der Waals surface area contributed by atoms with Crippen LogP contribution >= 0.6 is 0 Å². The second kappa shape index (κ2) is 6.76. The second-order valence-corrected chi connectivity index (χ2v) is 9.60. The Morgan fingerprint density at radius 2 is 0.500 bits per heavy atom. The molecule has 0 aromatic carbocycles. The summed E-state index contributed by atoms with van der Waals surface area (Å²) >= 11 is 0. The number of hydrogen-bond donors (Lipinski definition) is 0. The molecule has 2 fully saturated rings. The highest BCUT2D eigenvalue weighted by atomic mass is 14.5. The molecule has 2 saturated carbocycles. The zero-order valence-electron chi connectivity index (χ0n) is 16.4. The summed E-state index contributed by atoms with van der Waals surface area (Å²) in [6.45, 7) is 0. The molecule has 0 radical (unpaired) electrons. The first-order valence-corrected chi connectivity index (χ1v) is 11.3. The van der Waals surface area contributed by atoms with Gasteiger partial charge in [0.15, 0.2) is 0 Å². The topological polar surface area (TPSA) is 0 Å². The summed E-state index contributed by atoms with van der Waals surface area (Å²) in [5.41, 5.74) is 0. The van der Waals surface area contributed by atoms with E-state index in [-0.39, 0.29) is 0 Å². The van der Waals surface area contributed by atoms with E-state index in [9.17, 15) is 0 Å². The van der Waals surface area contributed by atoms with Crippen LogP contribution < -0.4 is 0 Å². The van der Waals surface area contributed by atoms with Gasteiger partial charge in [0.25, 0.3) is 0 Å². The van der Waals surface area contributed by atoms with Crippen molar-refractivity contribution < 1.29 is 0 Å². The molecule has 28 heavy (non-hydrogen) atoms. The lowest BCUT2D eigenvalue weighted by atomic mass is 9.75. The molecule has 0 amide bonds. The molecule has 0 aromatic rings. The van der Waals surface area contributed by atoms with Gasteiger partial charge in [-0.15, -0.1) is 0 Å². The molecule has 10 atom stereocenters. The van der Waals surface area contributed by atoms with E-state index in [1.807, 2.05) is 0 Å². The Hall–Kier alpha value is -2.08. The van der Waals surface area contributed by atoms with Gasteiger partial charge in [-0.2, -0.15) is 0 Å². The predicted octanol–water partition coefficient (Wildman–Crippen LogP) is 6.46. The molecule has 0 heterocycles. The van der Waals surface area contributed by atoms with Crippen LogP contribution in [0.2, 0.25) is 0 Å². The van der Waals surface area contributed by atoms with Gasteiger partial charge in [0.05, 0.1) is 0 Å². The summed E-state index contributed by atoms with van der Waals surface area (Å²) in [5.74, 6) is 7.32. The molecule has 0 saturated heterocycles. The summed E-state index contributed by atoms with van der Waals surface area (Å²) in [4.78, 5) is 0. The molecular formula is C28H30. The monoisotopic (exact) mass is 366 g/mol. The van der Waals surface area contributed by atoms with Gasteiger partial charge in [-0.25, -0.2) is 0 Å². The number of rotatable bonds is 3. The van der Waals surface area contributed by atoms with Crippen LogP contribution in [0, 0.1) is 59.2 Å². The molecule has 142 valence electrons. The first-order chi connectivity index (χ1) is 13.9. The van der Waals surface area contributed by atoms with E-state index < -0.39 is 0 Å². The van der Waals surface area contributed by atoms with Gasteiger partial charge in [0, 0.05) is 0 Å². The van der Waals surface area contributed by atoms with Crippen LogP contribution in [0.15, 0.2) is 97.2 Å². The molecule has 0 bridgehead atoms. The van der Waals surface area contributed by atoms with Crippen molar-refractivity contribution in [2.45, 2.75) is 12.8 Å². The zero-order chi connectivity index (χ0) is 18.5. The minimum Gasteiger partial charge on any atom is -0.0805 e. The third kappa shape index (κ3) is 2.50. The largest absolute Gasteiger partial charge is 0.0805 e. The highest BCUT2D eigenvalue weighted by Crippen LogP contribution is 2.56. The van der Waals surface area contributed by atoms with Crippen LogP contribution in [-0.4, -0.2) is 0 Å². The third-order valence-corrected chi connectivity index (χ3v) is 8.59. The van der Waals surface area contributed by atoms with E-state index in [4.69, 9.17) is 0 Å². The molecule has 6 aliphatic carbocycles. The Bertz CT molecular complexity index is 716. The van der Waals surface area contributed by atoms with Crippen LogP contribution in [0.4, 0.5) is 0 Å².